The maximum absolute atomic E-state index is 12.5. The van der Waals surface area contributed by atoms with Gasteiger partial charge in [0.15, 0.2) is 0 Å². The Bertz CT molecular complexity index is 521. The van der Waals surface area contributed by atoms with Crippen molar-refractivity contribution >= 4 is 11.6 Å². The minimum atomic E-state index is -0.653. The van der Waals surface area contributed by atoms with Gasteiger partial charge < -0.3 is 14.8 Å². The van der Waals surface area contributed by atoms with E-state index in [9.17, 15) is 4.79 Å². The summed E-state index contributed by atoms with van der Waals surface area (Å²) in [5.74, 6) is 0.831. The van der Waals surface area contributed by atoms with Gasteiger partial charge in [0.25, 0.3) is 5.91 Å². The van der Waals surface area contributed by atoms with Crippen LogP contribution in [0.25, 0.3) is 0 Å². The van der Waals surface area contributed by atoms with Gasteiger partial charge in [0.2, 0.25) is 0 Å². The molecular weight excluding hydrogens is 278 g/mol. The van der Waals surface area contributed by atoms with Crippen molar-refractivity contribution in [3.05, 3.63) is 23.8 Å². The highest BCUT2D eigenvalue weighted by Crippen LogP contribution is 2.34. The van der Waals surface area contributed by atoms with Crippen LogP contribution < -0.4 is 10.1 Å². The van der Waals surface area contributed by atoms with E-state index in [1.807, 2.05) is 25.1 Å². The molecule has 0 spiro atoms. The van der Waals surface area contributed by atoms with Crippen LogP contribution in [0.2, 0.25) is 0 Å². The van der Waals surface area contributed by atoms with E-state index >= 15 is 0 Å². The van der Waals surface area contributed by atoms with Gasteiger partial charge in [-0.3, -0.25) is 4.79 Å². The molecule has 0 saturated heterocycles. The third-order valence-electron chi connectivity index (χ3n) is 4.55. The van der Waals surface area contributed by atoms with Crippen molar-refractivity contribution in [3.8, 4) is 5.75 Å². The zero-order valence-corrected chi connectivity index (χ0v) is 14.1. The summed E-state index contributed by atoms with van der Waals surface area (Å²) < 4.78 is 11.4. The first-order valence-corrected chi connectivity index (χ1v) is 8.14. The van der Waals surface area contributed by atoms with Crippen LogP contribution in [-0.2, 0) is 9.53 Å². The smallest absolute Gasteiger partial charge is 0.256 e. The number of ether oxygens (including phenoxy) is 2. The van der Waals surface area contributed by atoms with Crippen molar-refractivity contribution in [2.75, 3.05) is 12.4 Å². The maximum atomic E-state index is 12.5. The van der Waals surface area contributed by atoms with E-state index in [2.05, 4.69) is 19.2 Å². The number of carbonyl (C=O) groups excluding carboxylic acids is 1. The highest BCUT2D eigenvalue weighted by Gasteiger charge is 2.41. The third kappa shape index (κ3) is 3.61. The van der Waals surface area contributed by atoms with E-state index in [-0.39, 0.29) is 12.0 Å². The van der Waals surface area contributed by atoms with E-state index in [1.54, 1.807) is 7.11 Å². The molecule has 122 valence electrons. The molecule has 2 rings (SSSR count). The molecule has 1 aliphatic carbocycles. The maximum Gasteiger partial charge on any atom is 0.256 e. The van der Waals surface area contributed by atoms with Crippen LogP contribution >= 0.6 is 0 Å². The molecule has 1 unspecified atom stereocenters. The molecule has 4 nitrogen and oxygen atoms in total. The minimum Gasteiger partial charge on any atom is -0.490 e. The molecule has 0 heterocycles. The van der Waals surface area contributed by atoms with E-state index in [4.69, 9.17) is 9.47 Å². The lowest BCUT2D eigenvalue weighted by atomic mass is 10.0. The lowest BCUT2D eigenvalue weighted by Gasteiger charge is -2.26. The summed E-state index contributed by atoms with van der Waals surface area (Å²) in [4.78, 5) is 12.5. The molecule has 0 bridgehead atoms. The number of methoxy groups -OCH3 is 1. The Kier molecular flexibility index (Phi) is 5.46. The Morgan fingerprint density at radius 3 is 2.59 bits per heavy atom. The number of hydrogen-bond donors (Lipinski definition) is 1. The summed E-state index contributed by atoms with van der Waals surface area (Å²) in [6, 6.07) is 5.76. The fraction of sp³-hybridized carbons (Fsp3) is 0.611. The average Bonchev–Trinajstić information content (AvgIpc) is 3.00. The zero-order valence-electron chi connectivity index (χ0n) is 14.1. The topological polar surface area (TPSA) is 47.6 Å². The van der Waals surface area contributed by atoms with Crippen molar-refractivity contribution in [2.24, 2.45) is 0 Å². The number of rotatable bonds is 6. The molecule has 22 heavy (non-hydrogen) atoms. The highest BCUT2D eigenvalue weighted by atomic mass is 16.5. The second kappa shape index (κ2) is 7.14. The molecule has 1 aromatic carbocycles. The van der Waals surface area contributed by atoms with Gasteiger partial charge in [-0.25, -0.2) is 0 Å². The Labute approximate surface area is 133 Å². The van der Waals surface area contributed by atoms with Crippen LogP contribution in [0.15, 0.2) is 18.2 Å². The van der Waals surface area contributed by atoms with Crippen molar-refractivity contribution in [2.45, 2.75) is 64.6 Å². The lowest BCUT2D eigenvalue weighted by Crippen LogP contribution is -2.42. The van der Waals surface area contributed by atoms with E-state index < -0.39 is 5.60 Å². The number of amides is 1. The predicted octanol–water partition coefficient (Wildman–Crippen LogP) is 4.07. The molecule has 1 aromatic rings. The molecule has 1 saturated carbocycles. The van der Waals surface area contributed by atoms with Crippen LogP contribution in [0.4, 0.5) is 5.69 Å². The average molecular weight is 305 g/mol. The first-order chi connectivity index (χ1) is 10.5. The summed E-state index contributed by atoms with van der Waals surface area (Å²) in [6.45, 7) is 6.15. The Morgan fingerprint density at radius 2 is 2.05 bits per heavy atom. The number of benzene rings is 1. The second-order valence-electron chi connectivity index (χ2n) is 6.18. The third-order valence-corrected chi connectivity index (χ3v) is 4.55. The van der Waals surface area contributed by atoms with Crippen LogP contribution in [0.5, 0.6) is 5.75 Å². The SMILES string of the molecule is CCC(C)Oc1ccc(NC(=O)C2(OC)CCCC2)cc1C. The molecule has 1 atom stereocenters. The van der Waals surface area contributed by atoms with Crippen LogP contribution in [0.1, 0.15) is 51.5 Å². The first kappa shape index (κ1) is 16.8. The Balaban J connectivity index is 2.07. The molecular formula is C18H27NO3. The van der Waals surface area contributed by atoms with Crippen LogP contribution in [-0.4, -0.2) is 24.7 Å². The van der Waals surface area contributed by atoms with Crippen molar-refractivity contribution in [3.63, 3.8) is 0 Å². The fourth-order valence-corrected chi connectivity index (χ4v) is 2.87. The normalized spacial score (nSPS) is 18.0. The predicted molar refractivity (Wildman–Crippen MR) is 88.4 cm³/mol. The molecule has 1 amide bonds. The number of anilines is 1. The van der Waals surface area contributed by atoms with Crippen molar-refractivity contribution < 1.29 is 14.3 Å². The summed E-state index contributed by atoms with van der Waals surface area (Å²) in [7, 11) is 1.62. The highest BCUT2D eigenvalue weighted by molar-refractivity contribution is 5.97. The van der Waals surface area contributed by atoms with Crippen LogP contribution in [0.3, 0.4) is 0 Å². The van der Waals surface area contributed by atoms with Gasteiger partial charge in [-0.1, -0.05) is 6.92 Å². The molecule has 0 radical (unpaired) electrons. The van der Waals surface area contributed by atoms with Crippen molar-refractivity contribution in [1.29, 1.82) is 0 Å². The van der Waals surface area contributed by atoms with Gasteiger partial charge in [0, 0.05) is 12.8 Å². The largest absolute Gasteiger partial charge is 0.490 e. The number of nitrogens with one attached hydrogen (secondary N) is 1. The van der Waals surface area contributed by atoms with E-state index in [0.717, 1.165) is 49.1 Å². The van der Waals surface area contributed by atoms with Gasteiger partial charge in [0.05, 0.1) is 6.10 Å². The standard InChI is InChI=1S/C18H27NO3/c1-5-14(3)22-16-9-8-15(12-13(16)2)19-17(20)18(21-4)10-6-7-11-18/h8-9,12,14H,5-7,10-11H2,1-4H3,(H,19,20). The van der Waals surface area contributed by atoms with Gasteiger partial charge in [0.1, 0.15) is 11.4 Å². The summed E-state index contributed by atoms with van der Waals surface area (Å²) in [5, 5.41) is 2.99. The molecule has 4 heteroatoms. The fourth-order valence-electron chi connectivity index (χ4n) is 2.87. The number of carbonyl (C=O) groups is 1. The monoisotopic (exact) mass is 305 g/mol. The Hall–Kier alpha value is -1.55. The Morgan fingerprint density at radius 1 is 1.36 bits per heavy atom. The molecule has 1 N–H and O–H groups in total. The first-order valence-electron chi connectivity index (χ1n) is 8.14. The van der Waals surface area contributed by atoms with Gasteiger partial charge in [-0.2, -0.15) is 0 Å². The zero-order chi connectivity index (χ0) is 16.2. The molecule has 1 fully saturated rings. The number of aryl methyl sites for hydroxylation is 1. The molecule has 0 aromatic heterocycles. The summed E-state index contributed by atoms with van der Waals surface area (Å²) in [6.07, 6.45) is 4.83. The van der Waals surface area contributed by atoms with Gasteiger partial charge in [-0.15, -0.1) is 0 Å². The minimum absolute atomic E-state index is 0.0394. The van der Waals surface area contributed by atoms with E-state index in [1.165, 1.54) is 0 Å². The van der Waals surface area contributed by atoms with Gasteiger partial charge in [-0.05, 0) is 69.7 Å². The van der Waals surface area contributed by atoms with E-state index in [0.29, 0.717) is 0 Å². The van der Waals surface area contributed by atoms with Gasteiger partial charge >= 0.3 is 0 Å². The van der Waals surface area contributed by atoms with Crippen LogP contribution in [0, 0.1) is 6.92 Å². The summed E-state index contributed by atoms with van der Waals surface area (Å²) in [5.41, 5.74) is 1.16. The van der Waals surface area contributed by atoms with Crippen molar-refractivity contribution in [1.82, 2.24) is 0 Å². The summed E-state index contributed by atoms with van der Waals surface area (Å²) >= 11 is 0. The molecule has 1 aliphatic rings. The second-order valence-corrected chi connectivity index (χ2v) is 6.18. The number of hydrogen-bond acceptors (Lipinski definition) is 3. The molecule has 0 aliphatic heterocycles. The quantitative estimate of drug-likeness (QED) is 0.862. The lowest BCUT2D eigenvalue weighted by molar-refractivity contribution is -0.136.